The van der Waals surface area contributed by atoms with Crippen molar-refractivity contribution in [1.82, 2.24) is 4.90 Å². The van der Waals surface area contributed by atoms with Gasteiger partial charge in [0.1, 0.15) is 11.8 Å². The fourth-order valence-electron chi connectivity index (χ4n) is 2.78. The van der Waals surface area contributed by atoms with E-state index in [1.165, 1.54) is 0 Å². The highest BCUT2D eigenvalue weighted by Crippen LogP contribution is 2.39. The number of rotatable bonds is 0. The van der Waals surface area contributed by atoms with Gasteiger partial charge in [-0.2, -0.15) is 0 Å². The van der Waals surface area contributed by atoms with E-state index in [4.69, 9.17) is 10.5 Å². The number of nitrogens with two attached hydrogens (primary N) is 1. The summed E-state index contributed by atoms with van der Waals surface area (Å²) in [5.74, 6) is 0.102. The van der Waals surface area contributed by atoms with Crippen molar-refractivity contribution in [2.75, 3.05) is 13.1 Å². The van der Waals surface area contributed by atoms with Crippen LogP contribution < -0.4 is 5.73 Å². The second kappa shape index (κ2) is 4.12. The van der Waals surface area contributed by atoms with E-state index in [0.29, 0.717) is 19.5 Å². The zero-order valence-electron chi connectivity index (χ0n) is 10.6. The molecule has 4 nitrogen and oxygen atoms in total. The van der Waals surface area contributed by atoms with Crippen molar-refractivity contribution in [3.8, 4) is 0 Å². The van der Waals surface area contributed by atoms with Gasteiger partial charge in [-0.1, -0.05) is 0 Å². The summed E-state index contributed by atoms with van der Waals surface area (Å²) in [6, 6.07) is -0.356. The lowest BCUT2D eigenvalue weighted by Crippen LogP contribution is -2.38. The highest BCUT2D eigenvalue weighted by Gasteiger charge is 2.48. The van der Waals surface area contributed by atoms with Crippen LogP contribution in [0.1, 0.15) is 27.2 Å². The van der Waals surface area contributed by atoms with Crippen molar-refractivity contribution in [2.45, 2.75) is 45.0 Å². The molecule has 0 spiro atoms. The normalized spacial score (nSPS) is 37.1. The van der Waals surface area contributed by atoms with Crippen LogP contribution in [0.25, 0.3) is 0 Å². The Bertz CT molecular complexity index is 316. The van der Waals surface area contributed by atoms with Gasteiger partial charge in [-0.05, 0) is 33.1 Å². The molecule has 0 radical (unpaired) electrons. The summed E-state index contributed by atoms with van der Waals surface area (Å²) in [6.45, 7) is 6.50. The molecule has 2 aliphatic rings. The molecule has 0 aromatic heterocycles. The number of carbonyl (C=O) groups excluding carboxylic acids is 1. The van der Waals surface area contributed by atoms with Crippen molar-refractivity contribution in [3.63, 3.8) is 0 Å². The Hall–Kier alpha value is -0.840. The number of hydrogen-bond donors (Lipinski definition) is 1. The molecule has 1 saturated carbocycles. The lowest BCUT2D eigenvalue weighted by molar-refractivity contribution is 0.0272. The van der Waals surface area contributed by atoms with Crippen molar-refractivity contribution < 1.29 is 13.9 Å². The minimum Gasteiger partial charge on any atom is -0.444 e. The smallest absolute Gasteiger partial charge is 0.410 e. The fraction of sp³-hybridized carbons (Fsp3) is 0.917. The minimum absolute atomic E-state index is 0.0995. The van der Waals surface area contributed by atoms with Crippen LogP contribution in [0.4, 0.5) is 9.18 Å². The number of halogens is 1. The topological polar surface area (TPSA) is 55.6 Å². The molecule has 5 heteroatoms. The highest BCUT2D eigenvalue weighted by molar-refractivity contribution is 5.68. The zero-order valence-corrected chi connectivity index (χ0v) is 10.6. The molecule has 17 heavy (non-hydrogen) atoms. The summed E-state index contributed by atoms with van der Waals surface area (Å²) < 4.78 is 19.0. The molecule has 0 bridgehead atoms. The predicted molar refractivity (Wildman–Crippen MR) is 62.3 cm³/mol. The molecular formula is C12H21FN2O2. The van der Waals surface area contributed by atoms with Gasteiger partial charge in [0, 0.05) is 25.0 Å². The van der Waals surface area contributed by atoms with Crippen molar-refractivity contribution in [3.05, 3.63) is 0 Å². The third-order valence-corrected chi connectivity index (χ3v) is 3.54. The molecule has 4 atom stereocenters. The van der Waals surface area contributed by atoms with Crippen LogP contribution in [0.3, 0.4) is 0 Å². The van der Waals surface area contributed by atoms with E-state index >= 15 is 0 Å². The summed E-state index contributed by atoms with van der Waals surface area (Å²) in [4.78, 5) is 13.4. The quantitative estimate of drug-likeness (QED) is 0.703. The number of fused-ring (bicyclic) bond motifs is 1. The second-order valence-corrected chi connectivity index (χ2v) is 6.15. The van der Waals surface area contributed by atoms with E-state index in [2.05, 4.69) is 0 Å². The summed E-state index contributed by atoms with van der Waals surface area (Å²) in [6.07, 6.45) is -0.648. The molecular weight excluding hydrogens is 223 g/mol. The monoisotopic (exact) mass is 244 g/mol. The average Bonchev–Trinajstić information content (AvgIpc) is 2.66. The summed E-state index contributed by atoms with van der Waals surface area (Å²) in [5, 5.41) is 0. The fourth-order valence-corrected chi connectivity index (χ4v) is 2.78. The van der Waals surface area contributed by atoms with E-state index in [1.54, 1.807) is 4.90 Å². The van der Waals surface area contributed by atoms with E-state index in [9.17, 15) is 9.18 Å². The third-order valence-electron chi connectivity index (χ3n) is 3.54. The number of carbonyl (C=O) groups is 1. The maximum Gasteiger partial charge on any atom is 0.410 e. The van der Waals surface area contributed by atoms with E-state index in [-0.39, 0.29) is 24.0 Å². The molecule has 1 aliphatic heterocycles. The average molecular weight is 244 g/mol. The zero-order chi connectivity index (χ0) is 12.8. The van der Waals surface area contributed by atoms with Crippen LogP contribution in [0.5, 0.6) is 0 Å². The van der Waals surface area contributed by atoms with Crippen molar-refractivity contribution >= 4 is 6.09 Å². The van der Waals surface area contributed by atoms with Gasteiger partial charge in [-0.3, -0.25) is 0 Å². The van der Waals surface area contributed by atoms with Crippen molar-refractivity contribution in [2.24, 2.45) is 17.6 Å². The van der Waals surface area contributed by atoms with E-state index < -0.39 is 11.8 Å². The molecule has 2 rings (SSSR count). The Labute approximate surface area is 101 Å². The van der Waals surface area contributed by atoms with Crippen LogP contribution >= 0.6 is 0 Å². The SMILES string of the molecule is CC(C)(C)OC(=O)N1C[C@H]2C[C@H](N)[C@@H](F)[C@H]2C1. The number of amides is 1. The maximum absolute atomic E-state index is 13.7. The van der Waals surface area contributed by atoms with Gasteiger partial charge in [0.2, 0.25) is 0 Å². The van der Waals surface area contributed by atoms with E-state index in [0.717, 1.165) is 0 Å². The van der Waals surface area contributed by atoms with Gasteiger partial charge in [-0.15, -0.1) is 0 Å². The second-order valence-electron chi connectivity index (χ2n) is 6.15. The lowest BCUT2D eigenvalue weighted by Gasteiger charge is -2.25. The Morgan fingerprint density at radius 1 is 1.41 bits per heavy atom. The Morgan fingerprint density at radius 2 is 2.06 bits per heavy atom. The number of alkyl halides is 1. The summed E-state index contributed by atoms with van der Waals surface area (Å²) in [7, 11) is 0. The van der Waals surface area contributed by atoms with Crippen molar-refractivity contribution in [1.29, 1.82) is 0 Å². The molecule has 0 aromatic carbocycles. The first kappa shape index (κ1) is 12.6. The summed E-state index contributed by atoms with van der Waals surface area (Å²) in [5.41, 5.74) is 5.18. The highest BCUT2D eigenvalue weighted by atomic mass is 19.1. The maximum atomic E-state index is 13.7. The van der Waals surface area contributed by atoms with Gasteiger partial charge in [0.25, 0.3) is 0 Å². The number of hydrogen-bond acceptors (Lipinski definition) is 3. The van der Waals surface area contributed by atoms with Crippen LogP contribution in [0, 0.1) is 11.8 Å². The first-order valence-corrected chi connectivity index (χ1v) is 6.15. The van der Waals surface area contributed by atoms with E-state index in [1.807, 2.05) is 20.8 Å². The molecule has 1 aliphatic carbocycles. The van der Waals surface area contributed by atoms with Crippen LogP contribution in [-0.4, -0.2) is 41.9 Å². The van der Waals surface area contributed by atoms with Crippen LogP contribution in [0.15, 0.2) is 0 Å². The van der Waals surface area contributed by atoms with Crippen LogP contribution in [0.2, 0.25) is 0 Å². The molecule has 1 saturated heterocycles. The standard InChI is InChI=1S/C12H21FN2O2/c1-12(2,3)17-11(16)15-5-7-4-9(14)10(13)8(7)6-15/h7-10H,4-6,14H2,1-3H3/t7-,8+,9+,10+/m1/s1. The number of nitrogens with zero attached hydrogens (tertiary/aromatic N) is 1. The molecule has 1 amide bonds. The molecule has 1 heterocycles. The first-order chi connectivity index (χ1) is 7.78. The van der Waals surface area contributed by atoms with Gasteiger partial charge < -0.3 is 15.4 Å². The first-order valence-electron chi connectivity index (χ1n) is 6.15. The Morgan fingerprint density at radius 3 is 2.59 bits per heavy atom. The lowest BCUT2D eigenvalue weighted by atomic mass is 10.0. The number of ether oxygens (including phenoxy) is 1. The Kier molecular flexibility index (Phi) is 3.06. The number of likely N-dealkylation sites (tertiary alicyclic amines) is 1. The van der Waals surface area contributed by atoms with Gasteiger partial charge in [-0.25, -0.2) is 9.18 Å². The predicted octanol–water partition coefficient (Wildman–Crippen LogP) is 1.54. The van der Waals surface area contributed by atoms with Gasteiger partial charge in [0.05, 0.1) is 0 Å². The molecule has 2 N–H and O–H groups in total. The van der Waals surface area contributed by atoms with Crippen LogP contribution in [-0.2, 0) is 4.74 Å². The minimum atomic E-state index is -0.979. The molecule has 0 unspecified atom stereocenters. The van der Waals surface area contributed by atoms with Gasteiger partial charge >= 0.3 is 6.09 Å². The summed E-state index contributed by atoms with van der Waals surface area (Å²) >= 11 is 0. The molecule has 2 fully saturated rings. The third kappa shape index (κ3) is 2.54. The Balaban J connectivity index is 1.94. The van der Waals surface area contributed by atoms with Gasteiger partial charge in [0.15, 0.2) is 0 Å². The molecule has 98 valence electrons. The molecule has 0 aromatic rings. The largest absolute Gasteiger partial charge is 0.444 e.